The van der Waals surface area contributed by atoms with Crippen molar-refractivity contribution in [3.8, 4) is 0 Å². The van der Waals surface area contributed by atoms with Crippen molar-refractivity contribution in [1.29, 1.82) is 0 Å². The van der Waals surface area contributed by atoms with Crippen molar-refractivity contribution in [3.63, 3.8) is 0 Å². The van der Waals surface area contributed by atoms with Crippen LogP contribution in [0.2, 0.25) is 0 Å². The van der Waals surface area contributed by atoms with Crippen molar-refractivity contribution in [2.24, 2.45) is 0 Å². The molecule has 3 aromatic rings. The Kier molecular flexibility index (Phi) is 5.57. The molecule has 2 atom stereocenters. The van der Waals surface area contributed by atoms with Crippen LogP contribution in [0.5, 0.6) is 0 Å². The Labute approximate surface area is 163 Å². The molecule has 0 radical (unpaired) electrons. The lowest BCUT2D eigenvalue weighted by Crippen LogP contribution is -2.37. The van der Waals surface area contributed by atoms with Gasteiger partial charge in [0.05, 0.1) is 0 Å². The minimum Gasteiger partial charge on any atom is -0.361 e. The third-order valence-corrected chi connectivity index (χ3v) is 5.94. The zero-order chi connectivity index (χ0) is 17.8. The van der Waals surface area contributed by atoms with Crippen LogP contribution in [-0.2, 0) is 6.42 Å². The second kappa shape index (κ2) is 8.24. The van der Waals surface area contributed by atoms with Gasteiger partial charge in [-0.3, -0.25) is 0 Å². The first kappa shape index (κ1) is 17.6. The summed E-state index contributed by atoms with van der Waals surface area (Å²) in [5, 5.41) is 5.07. The van der Waals surface area contributed by atoms with Crippen LogP contribution in [0.25, 0.3) is 10.9 Å². The Morgan fingerprint density at radius 3 is 2.73 bits per heavy atom. The topological polar surface area (TPSA) is 27.8 Å². The summed E-state index contributed by atoms with van der Waals surface area (Å²) >= 11 is 3.54. The Hall–Kier alpha value is -1.84. The predicted octanol–water partition coefficient (Wildman–Crippen LogP) is 5.96. The Morgan fingerprint density at radius 1 is 1.00 bits per heavy atom. The molecule has 134 valence electrons. The Bertz CT molecular complexity index is 879. The number of hydrogen-bond donors (Lipinski definition) is 2. The highest BCUT2D eigenvalue weighted by atomic mass is 79.9. The number of H-pyrrole nitrogens is 1. The molecule has 1 aliphatic heterocycles. The summed E-state index contributed by atoms with van der Waals surface area (Å²) in [5.74, 6) is 0.477. The van der Waals surface area contributed by atoms with Gasteiger partial charge in [0.2, 0.25) is 0 Å². The van der Waals surface area contributed by atoms with Crippen LogP contribution >= 0.6 is 15.9 Å². The van der Waals surface area contributed by atoms with Gasteiger partial charge in [-0.1, -0.05) is 64.8 Å². The van der Waals surface area contributed by atoms with Gasteiger partial charge in [0.25, 0.3) is 0 Å². The van der Waals surface area contributed by atoms with Crippen molar-refractivity contribution < 1.29 is 0 Å². The molecule has 0 aliphatic carbocycles. The number of aryl methyl sites for hydroxylation is 1. The van der Waals surface area contributed by atoms with Crippen LogP contribution in [0.15, 0.2) is 71.4 Å². The van der Waals surface area contributed by atoms with Gasteiger partial charge in [-0.15, -0.1) is 0 Å². The zero-order valence-corrected chi connectivity index (χ0v) is 16.5. The number of fused-ring (bicyclic) bond motifs is 1. The number of halogens is 1. The second-order valence-corrected chi connectivity index (χ2v) is 8.04. The largest absolute Gasteiger partial charge is 0.361 e. The van der Waals surface area contributed by atoms with E-state index in [-0.39, 0.29) is 0 Å². The first-order valence-electron chi connectivity index (χ1n) is 9.52. The lowest BCUT2D eigenvalue weighted by Gasteiger charge is -2.29. The summed E-state index contributed by atoms with van der Waals surface area (Å²) in [6.07, 6.45) is 11.7. The highest BCUT2D eigenvalue weighted by molar-refractivity contribution is 9.10. The molecule has 2 unspecified atom stereocenters. The van der Waals surface area contributed by atoms with Gasteiger partial charge in [-0.25, -0.2) is 0 Å². The third-order valence-electron chi connectivity index (χ3n) is 5.42. The summed E-state index contributed by atoms with van der Waals surface area (Å²) in [5.41, 5.74) is 4.09. The molecule has 0 saturated heterocycles. The molecule has 3 heteroatoms. The molecule has 0 saturated carbocycles. The summed E-state index contributed by atoms with van der Waals surface area (Å²) in [4.78, 5) is 3.39. The molecule has 0 fully saturated rings. The van der Waals surface area contributed by atoms with Gasteiger partial charge in [-0.2, -0.15) is 0 Å². The van der Waals surface area contributed by atoms with Crippen LogP contribution in [0.4, 0.5) is 0 Å². The number of rotatable bonds is 6. The van der Waals surface area contributed by atoms with E-state index in [0.717, 1.165) is 17.4 Å². The van der Waals surface area contributed by atoms with E-state index in [4.69, 9.17) is 0 Å². The second-order valence-electron chi connectivity index (χ2n) is 7.13. The van der Waals surface area contributed by atoms with Crippen molar-refractivity contribution in [2.45, 2.75) is 37.6 Å². The lowest BCUT2D eigenvalue weighted by molar-refractivity contribution is 0.432. The van der Waals surface area contributed by atoms with E-state index in [9.17, 15) is 0 Å². The molecule has 0 bridgehead atoms. The fourth-order valence-corrected chi connectivity index (χ4v) is 4.29. The van der Waals surface area contributed by atoms with Gasteiger partial charge in [0, 0.05) is 40.1 Å². The van der Waals surface area contributed by atoms with E-state index < -0.39 is 0 Å². The summed E-state index contributed by atoms with van der Waals surface area (Å²) in [6.45, 7) is 0.986. The average molecular weight is 409 g/mol. The fourth-order valence-electron chi connectivity index (χ4n) is 4.02. The standard InChI is InChI=1S/C23H25BrN2/c24-19-13-11-17(12-14-19)20-8-5-15-25-22(20)9-3-1-6-18-16-26-23-10-4-2-7-21(18)23/h2,4-5,7-8,10-14,16,20,22,25-26H,1,3,6,9,15H2. The maximum atomic E-state index is 3.70. The number of hydrogen-bond acceptors (Lipinski definition) is 1. The maximum Gasteiger partial charge on any atom is 0.0456 e. The van der Waals surface area contributed by atoms with Crippen LogP contribution in [-0.4, -0.2) is 17.6 Å². The summed E-state index contributed by atoms with van der Waals surface area (Å²) in [7, 11) is 0. The molecule has 4 rings (SSSR count). The molecule has 2 N–H and O–H groups in total. The first-order chi connectivity index (χ1) is 12.8. The lowest BCUT2D eigenvalue weighted by atomic mass is 9.86. The molecular formula is C23H25BrN2. The summed E-state index contributed by atoms with van der Waals surface area (Å²) in [6, 6.07) is 17.9. The number of benzene rings is 2. The third kappa shape index (κ3) is 3.94. The normalized spacial score (nSPS) is 19.9. The van der Waals surface area contributed by atoms with E-state index in [1.807, 2.05) is 0 Å². The van der Waals surface area contributed by atoms with Gasteiger partial charge in [-0.05, 0) is 48.6 Å². The van der Waals surface area contributed by atoms with Gasteiger partial charge < -0.3 is 10.3 Å². The molecule has 2 aromatic carbocycles. The van der Waals surface area contributed by atoms with Crippen molar-refractivity contribution in [2.75, 3.05) is 6.54 Å². The van der Waals surface area contributed by atoms with Gasteiger partial charge >= 0.3 is 0 Å². The van der Waals surface area contributed by atoms with E-state index >= 15 is 0 Å². The number of unbranched alkanes of at least 4 members (excludes halogenated alkanes) is 1. The molecule has 2 heterocycles. The predicted molar refractivity (Wildman–Crippen MR) is 114 cm³/mol. The molecule has 26 heavy (non-hydrogen) atoms. The van der Waals surface area contributed by atoms with Crippen LogP contribution in [0, 0.1) is 0 Å². The molecule has 0 spiro atoms. The minimum absolute atomic E-state index is 0.477. The van der Waals surface area contributed by atoms with Crippen molar-refractivity contribution in [1.82, 2.24) is 10.3 Å². The van der Waals surface area contributed by atoms with E-state index in [1.54, 1.807) is 0 Å². The van der Waals surface area contributed by atoms with E-state index in [2.05, 4.69) is 93.1 Å². The number of aromatic nitrogens is 1. The first-order valence-corrected chi connectivity index (χ1v) is 10.3. The minimum atomic E-state index is 0.477. The van der Waals surface area contributed by atoms with Crippen molar-refractivity contribution in [3.05, 3.63) is 82.5 Å². The van der Waals surface area contributed by atoms with Crippen LogP contribution < -0.4 is 5.32 Å². The zero-order valence-electron chi connectivity index (χ0n) is 14.9. The Balaban J connectivity index is 1.34. The summed E-state index contributed by atoms with van der Waals surface area (Å²) < 4.78 is 1.14. The number of nitrogens with one attached hydrogen (secondary N) is 2. The maximum absolute atomic E-state index is 3.70. The van der Waals surface area contributed by atoms with E-state index in [0.29, 0.717) is 12.0 Å². The van der Waals surface area contributed by atoms with Crippen LogP contribution in [0.3, 0.4) is 0 Å². The van der Waals surface area contributed by atoms with Gasteiger partial charge in [0.15, 0.2) is 0 Å². The van der Waals surface area contributed by atoms with Gasteiger partial charge in [0.1, 0.15) is 0 Å². The number of para-hydroxylation sites is 1. The SMILES string of the molecule is Brc1ccc(C2C=CCNC2CCCCc2c[nH]c3ccccc23)cc1. The highest BCUT2D eigenvalue weighted by Crippen LogP contribution is 2.28. The smallest absolute Gasteiger partial charge is 0.0456 e. The Morgan fingerprint density at radius 2 is 1.85 bits per heavy atom. The molecule has 0 amide bonds. The number of aromatic amines is 1. The van der Waals surface area contributed by atoms with Crippen molar-refractivity contribution >= 4 is 26.8 Å². The molecule has 1 aromatic heterocycles. The average Bonchev–Trinajstić information content (AvgIpc) is 3.09. The highest BCUT2D eigenvalue weighted by Gasteiger charge is 2.22. The molecule has 1 aliphatic rings. The van der Waals surface area contributed by atoms with E-state index in [1.165, 1.54) is 41.3 Å². The molecular weight excluding hydrogens is 384 g/mol. The fraction of sp³-hybridized carbons (Fsp3) is 0.304. The van der Waals surface area contributed by atoms with Crippen LogP contribution in [0.1, 0.15) is 36.3 Å². The monoisotopic (exact) mass is 408 g/mol. The quantitative estimate of drug-likeness (QED) is 0.382. The molecule has 2 nitrogen and oxygen atoms in total.